The molecule has 0 radical (unpaired) electrons. The zero-order chi connectivity index (χ0) is 17.3. The van der Waals surface area contributed by atoms with Crippen LogP contribution in [-0.4, -0.2) is 70.8 Å². The Bertz CT molecular complexity index is 625. The summed E-state index contributed by atoms with van der Waals surface area (Å²) in [5, 5.41) is 0. The first-order valence-corrected chi connectivity index (χ1v) is 8.49. The summed E-state index contributed by atoms with van der Waals surface area (Å²) < 4.78 is 5.23. The second-order valence-corrected chi connectivity index (χ2v) is 6.81. The molecule has 3 rings (SSSR count). The third kappa shape index (κ3) is 2.65. The van der Waals surface area contributed by atoms with Gasteiger partial charge in [0.15, 0.2) is 5.76 Å². The maximum absolute atomic E-state index is 13.2. The fourth-order valence-corrected chi connectivity index (χ4v) is 3.82. The predicted molar refractivity (Wildman–Crippen MR) is 90.6 cm³/mol. The van der Waals surface area contributed by atoms with E-state index >= 15 is 0 Å². The van der Waals surface area contributed by atoms with Crippen LogP contribution in [0.2, 0.25) is 0 Å². The van der Waals surface area contributed by atoms with Crippen molar-refractivity contribution in [1.29, 1.82) is 0 Å². The number of furan rings is 1. The number of rotatable bonds is 4. The van der Waals surface area contributed by atoms with Gasteiger partial charge in [0.2, 0.25) is 5.91 Å². The Hall–Kier alpha value is -2.08. The molecule has 0 bridgehead atoms. The smallest absolute Gasteiger partial charge is 0.289 e. The van der Waals surface area contributed by atoms with Gasteiger partial charge in [-0.3, -0.25) is 14.5 Å². The van der Waals surface area contributed by atoms with Crippen LogP contribution in [0.4, 0.5) is 0 Å². The van der Waals surface area contributed by atoms with E-state index in [0.717, 1.165) is 13.1 Å². The quantitative estimate of drug-likeness (QED) is 0.787. The van der Waals surface area contributed by atoms with Gasteiger partial charge in [-0.15, -0.1) is 6.58 Å². The van der Waals surface area contributed by atoms with Crippen molar-refractivity contribution in [2.45, 2.75) is 31.8 Å². The summed E-state index contributed by atoms with van der Waals surface area (Å²) in [6.07, 6.45) is 3.97. The van der Waals surface area contributed by atoms with Crippen molar-refractivity contribution in [1.82, 2.24) is 14.7 Å². The second kappa shape index (κ2) is 6.43. The van der Waals surface area contributed by atoms with Crippen LogP contribution in [0.5, 0.6) is 0 Å². The van der Waals surface area contributed by atoms with Crippen LogP contribution < -0.4 is 0 Å². The fraction of sp³-hybridized carbons (Fsp3) is 0.556. The lowest BCUT2D eigenvalue weighted by Gasteiger charge is -2.48. The van der Waals surface area contributed by atoms with E-state index in [1.807, 2.05) is 24.8 Å². The molecule has 6 heteroatoms. The first-order chi connectivity index (χ1) is 11.5. The van der Waals surface area contributed by atoms with E-state index in [1.54, 1.807) is 17.0 Å². The molecule has 0 unspecified atom stereocenters. The van der Waals surface area contributed by atoms with Gasteiger partial charge in [-0.1, -0.05) is 6.08 Å². The largest absolute Gasteiger partial charge is 0.459 e. The summed E-state index contributed by atoms with van der Waals surface area (Å²) >= 11 is 0. The van der Waals surface area contributed by atoms with E-state index in [9.17, 15) is 9.59 Å². The molecule has 2 aliphatic heterocycles. The molecule has 24 heavy (non-hydrogen) atoms. The van der Waals surface area contributed by atoms with Gasteiger partial charge >= 0.3 is 0 Å². The molecule has 0 aromatic carbocycles. The standard InChI is InChI=1S/C18H25N3O3/c1-4-8-20-10-11-21(14(2)3)17(23)18(20)7-9-19(13-18)16(22)15-6-5-12-24-15/h4-6,12,14H,1,7-11,13H2,2-3H3/t18-/m1/s1. The second-order valence-electron chi connectivity index (χ2n) is 6.81. The molecule has 2 fully saturated rings. The van der Waals surface area contributed by atoms with Gasteiger partial charge in [0.1, 0.15) is 5.54 Å². The van der Waals surface area contributed by atoms with E-state index in [0.29, 0.717) is 31.8 Å². The molecule has 0 saturated carbocycles. The van der Waals surface area contributed by atoms with Crippen molar-refractivity contribution >= 4 is 11.8 Å². The lowest BCUT2D eigenvalue weighted by Crippen LogP contribution is -2.68. The maximum atomic E-state index is 13.2. The van der Waals surface area contributed by atoms with Crippen LogP contribution >= 0.6 is 0 Å². The number of hydrogen-bond donors (Lipinski definition) is 0. The van der Waals surface area contributed by atoms with Gasteiger partial charge in [0.05, 0.1) is 6.26 Å². The summed E-state index contributed by atoms with van der Waals surface area (Å²) in [4.78, 5) is 31.6. The van der Waals surface area contributed by atoms with Gasteiger partial charge in [0.25, 0.3) is 5.91 Å². The molecule has 1 aromatic rings. The summed E-state index contributed by atoms with van der Waals surface area (Å²) in [6.45, 7) is 11.0. The van der Waals surface area contributed by atoms with E-state index in [2.05, 4.69) is 11.5 Å². The Morgan fingerprint density at radius 3 is 2.83 bits per heavy atom. The minimum Gasteiger partial charge on any atom is -0.459 e. The summed E-state index contributed by atoms with van der Waals surface area (Å²) in [5.74, 6) is 0.302. The SMILES string of the molecule is C=CCN1CCN(C(C)C)C(=O)[C@]12CCN(C(=O)c1ccco1)C2. The van der Waals surface area contributed by atoms with Crippen molar-refractivity contribution in [3.8, 4) is 0 Å². The number of piperazine rings is 1. The summed E-state index contributed by atoms with van der Waals surface area (Å²) in [7, 11) is 0. The Balaban J connectivity index is 1.86. The number of nitrogens with zero attached hydrogens (tertiary/aromatic N) is 3. The van der Waals surface area contributed by atoms with Gasteiger partial charge in [-0.2, -0.15) is 0 Å². The van der Waals surface area contributed by atoms with E-state index in [4.69, 9.17) is 4.42 Å². The molecule has 2 aliphatic rings. The molecule has 0 aliphatic carbocycles. The first kappa shape index (κ1) is 16.8. The Morgan fingerprint density at radius 1 is 1.42 bits per heavy atom. The Morgan fingerprint density at radius 2 is 2.21 bits per heavy atom. The monoisotopic (exact) mass is 331 g/mol. The fourth-order valence-electron chi connectivity index (χ4n) is 3.82. The molecule has 1 atom stereocenters. The molecule has 2 saturated heterocycles. The van der Waals surface area contributed by atoms with Gasteiger partial charge in [-0.05, 0) is 32.4 Å². The molecule has 1 aromatic heterocycles. The lowest BCUT2D eigenvalue weighted by atomic mass is 9.90. The van der Waals surface area contributed by atoms with Crippen LogP contribution in [-0.2, 0) is 4.79 Å². The van der Waals surface area contributed by atoms with E-state index in [-0.39, 0.29) is 17.9 Å². The van der Waals surface area contributed by atoms with Crippen molar-refractivity contribution in [3.05, 3.63) is 36.8 Å². The molecular weight excluding hydrogens is 306 g/mol. The van der Waals surface area contributed by atoms with Crippen molar-refractivity contribution < 1.29 is 14.0 Å². The average molecular weight is 331 g/mol. The van der Waals surface area contributed by atoms with Gasteiger partial charge < -0.3 is 14.2 Å². The molecular formula is C18H25N3O3. The highest BCUT2D eigenvalue weighted by Crippen LogP contribution is 2.34. The molecule has 3 heterocycles. The van der Waals surface area contributed by atoms with Crippen molar-refractivity contribution in [3.63, 3.8) is 0 Å². The van der Waals surface area contributed by atoms with Crippen molar-refractivity contribution in [2.75, 3.05) is 32.7 Å². The van der Waals surface area contributed by atoms with Crippen molar-refractivity contribution in [2.24, 2.45) is 0 Å². The molecule has 130 valence electrons. The third-order valence-electron chi connectivity index (χ3n) is 5.11. The van der Waals surface area contributed by atoms with Crippen LogP contribution in [0.3, 0.4) is 0 Å². The number of amides is 2. The zero-order valence-corrected chi connectivity index (χ0v) is 14.4. The Labute approximate surface area is 142 Å². The van der Waals surface area contributed by atoms with E-state index in [1.165, 1.54) is 6.26 Å². The minimum atomic E-state index is -0.640. The van der Waals surface area contributed by atoms with Crippen LogP contribution in [0.15, 0.2) is 35.5 Å². The number of hydrogen-bond acceptors (Lipinski definition) is 4. The number of likely N-dealkylation sites (tertiary alicyclic amines) is 1. The molecule has 6 nitrogen and oxygen atoms in total. The predicted octanol–water partition coefficient (Wildman–Crippen LogP) is 1.60. The highest BCUT2D eigenvalue weighted by atomic mass is 16.3. The molecule has 1 spiro atoms. The Kier molecular flexibility index (Phi) is 4.49. The number of carbonyl (C=O) groups excluding carboxylic acids is 2. The van der Waals surface area contributed by atoms with Crippen LogP contribution in [0.1, 0.15) is 30.8 Å². The first-order valence-electron chi connectivity index (χ1n) is 8.49. The maximum Gasteiger partial charge on any atom is 0.289 e. The van der Waals surface area contributed by atoms with Gasteiger partial charge in [0, 0.05) is 38.8 Å². The molecule has 0 N–H and O–H groups in total. The topological polar surface area (TPSA) is 57.0 Å². The highest BCUT2D eigenvalue weighted by Gasteiger charge is 2.54. The van der Waals surface area contributed by atoms with Crippen LogP contribution in [0, 0.1) is 0 Å². The van der Waals surface area contributed by atoms with Gasteiger partial charge in [-0.25, -0.2) is 0 Å². The minimum absolute atomic E-state index is 0.125. The summed E-state index contributed by atoms with van der Waals surface area (Å²) in [5.41, 5.74) is -0.640. The molecule has 2 amide bonds. The highest BCUT2D eigenvalue weighted by molar-refractivity contribution is 5.94. The summed E-state index contributed by atoms with van der Waals surface area (Å²) in [6, 6.07) is 3.53. The van der Waals surface area contributed by atoms with E-state index < -0.39 is 5.54 Å². The lowest BCUT2D eigenvalue weighted by molar-refractivity contribution is -0.152. The third-order valence-corrected chi connectivity index (χ3v) is 5.11. The zero-order valence-electron chi connectivity index (χ0n) is 14.4. The number of carbonyl (C=O) groups is 2. The van der Waals surface area contributed by atoms with Crippen LogP contribution in [0.25, 0.3) is 0 Å². The average Bonchev–Trinajstić information content (AvgIpc) is 3.22. The normalized spacial score (nSPS) is 25.0.